The van der Waals surface area contributed by atoms with Crippen LogP contribution >= 0.6 is 31.9 Å². The second-order valence-electron chi connectivity index (χ2n) is 29.9. The maximum Gasteiger partial charge on any atom is 0.342 e. The van der Waals surface area contributed by atoms with E-state index in [-0.39, 0.29) is 112 Å². The highest BCUT2D eigenvalue weighted by Gasteiger charge is 2.28. The number of nitrogens with two attached hydrogens (primary N) is 2. The predicted octanol–water partition coefficient (Wildman–Crippen LogP) is 21.1. The van der Waals surface area contributed by atoms with Gasteiger partial charge in [-0.3, -0.25) is 34.5 Å². The van der Waals surface area contributed by atoms with Crippen LogP contribution in [-0.4, -0.2) is 130 Å². The van der Waals surface area contributed by atoms with Crippen LogP contribution in [0.5, 0.6) is 28.7 Å². The number of ether oxygens (including phenoxy) is 8. The Morgan fingerprint density at radius 2 is 0.559 bits per heavy atom. The molecule has 0 spiro atoms. The zero-order valence-electron chi connectivity index (χ0n) is 74.9. The molecule has 0 radical (unpaired) electrons. The Morgan fingerprint density at radius 1 is 0.316 bits per heavy atom. The van der Waals surface area contributed by atoms with Crippen molar-refractivity contribution in [1.29, 1.82) is 5.26 Å². The van der Waals surface area contributed by atoms with E-state index in [1.165, 1.54) is 91.1 Å². The lowest BCUT2D eigenvalue weighted by molar-refractivity contribution is 0.0512. The number of phenols is 1. The maximum atomic E-state index is 13.1. The zero-order chi connectivity index (χ0) is 98.0. The number of carboxylic acids is 1. The van der Waals surface area contributed by atoms with E-state index >= 15 is 0 Å². The van der Waals surface area contributed by atoms with Gasteiger partial charge in [0.15, 0.2) is 28.7 Å². The number of benzene rings is 10. The summed E-state index contributed by atoms with van der Waals surface area (Å²) in [5.41, 5.74) is 23.0. The summed E-state index contributed by atoms with van der Waals surface area (Å²) >= 11 is 6.95. The van der Waals surface area contributed by atoms with E-state index in [1.54, 1.807) is 145 Å². The van der Waals surface area contributed by atoms with E-state index in [2.05, 4.69) is 62.8 Å². The predicted molar refractivity (Wildman–Crippen MR) is 509 cm³/mol. The number of carbonyl (C=O) groups is 7. The number of nitriles is 1. The van der Waals surface area contributed by atoms with Crippen molar-refractivity contribution in [2.24, 2.45) is 11.5 Å². The van der Waals surface area contributed by atoms with Crippen molar-refractivity contribution < 1.29 is 104 Å². The first kappa shape index (κ1) is 101. The van der Waals surface area contributed by atoms with Gasteiger partial charge in [0, 0.05) is 78.0 Å². The highest BCUT2D eigenvalue weighted by molar-refractivity contribution is 9.11. The number of hydrogen-bond donors (Lipinski definition) is 4. The summed E-state index contributed by atoms with van der Waals surface area (Å²) in [6, 6.07) is 49.7. The van der Waals surface area contributed by atoms with Crippen molar-refractivity contribution in [2.75, 3.05) is 52.9 Å². The largest absolute Gasteiger partial charge is 0.505 e. The minimum Gasteiger partial charge on any atom is -0.505 e. The molecule has 6 N–H and O–H groups in total. The summed E-state index contributed by atoms with van der Waals surface area (Å²) in [7, 11) is 0. The van der Waals surface area contributed by atoms with Crippen molar-refractivity contribution in [3.05, 3.63) is 351 Å². The van der Waals surface area contributed by atoms with Crippen molar-refractivity contribution in [2.45, 2.75) is 87.5 Å². The summed E-state index contributed by atoms with van der Waals surface area (Å²) in [5.74, 6) is -5.49. The minimum absolute atomic E-state index is 0.0549. The third-order valence-corrected chi connectivity index (χ3v) is 21.8. The summed E-state index contributed by atoms with van der Waals surface area (Å²) in [6.07, 6.45) is 11.0. The summed E-state index contributed by atoms with van der Waals surface area (Å²) in [6.45, 7) is 16.2. The maximum absolute atomic E-state index is 13.1. The number of fused-ring (bicyclic) bond motifs is 5. The van der Waals surface area contributed by atoms with E-state index in [9.17, 15) is 71.0 Å². The molecule has 15 rings (SSSR count). The van der Waals surface area contributed by atoms with Gasteiger partial charge < -0.3 is 59.6 Å². The van der Waals surface area contributed by atoms with E-state index in [0.717, 1.165) is 70.9 Å². The number of carboxylic acid groups (broad SMARTS) is 1. The Labute approximate surface area is 794 Å². The molecule has 5 aromatic heterocycles. The van der Waals surface area contributed by atoms with Crippen LogP contribution in [0, 0.1) is 40.4 Å². The highest BCUT2D eigenvalue weighted by Crippen LogP contribution is 2.41. The molecular formula is C104H91Br2F5N8O17. The van der Waals surface area contributed by atoms with Gasteiger partial charge in [-0.1, -0.05) is 92.5 Å². The van der Waals surface area contributed by atoms with Gasteiger partial charge in [0.25, 0.3) is 0 Å². The first-order valence-corrected chi connectivity index (χ1v) is 44.5. The number of aromatic hydroxyl groups is 1. The molecule has 698 valence electrons. The average molecular weight is 1980 g/mol. The molecule has 2 amide bonds. The molecule has 32 heteroatoms. The van der Waals surface area contributed by atoms with Crippen molar-refractivity contribution in [1.82, 2.24) is 24.9 Å². The number of aromatic carboxylic acids is 1. The first-order chi connectivity index (χ1) is 65.4. The Balaban J connectivity index is 0.000000163. The van der Waals surface area contributed by atoms with Gasteiger partial charge in [0.2, 0.25) is 11.8 Å². The molecule has 0 bridgehead atoms. The van der Waals surface area contributed by atoms with Crippen LogP contribution in [-0.2, 0) is 51.1 Å². The monoisotopic (exact) mass is 1980 g/mol. The molecule has 0 fully saturated rings. The van der Waals surface area contributed by atoms with Crippen LogP contribution in [0.4, 0.5) is 22.0 Å². The van der Waals surface area contributed by atoms with Gasteiger partial charge >= 0.3 is 29.8 Å². The number of hydrogen-bond acceptors (Lipinski definition) is 22. The Bertz CT molecular complexity index is 7000. The van der Waals surface area contributed by atoms with Gasteiger partial charge in [-0.05, 0) is 264 Å². The SMILES string of the molecule is CCOC(=O)c1cc(Br)c2cc(Cc3ccc(F)cc3)cnc2c1OCC.CCOC(=O)c1cc(C#N)c2cc(Cc3ccc(F)cc3)cnc2c1OCC.CCOC(=O)c1cc(C(N)=O)c2cc(Cc3ccc(F)cc3)cnc2c1O.CCOC(=O)c1cc(C(N)=O)c2cc(Cc3ccc(F)cc3)cnc2c1OCC.CCOc1c(C(=O)O)cc(Br)c2cc(Cc3ccc(F)cc3)cnc12. The fraction of sp³-hybridized carbons (Fsp3) is 0.202. The number of aromatic nitrogens is 5. The smallest absolute Gasteiger partial charge is 0.342 e. The minimum atomic E-state index is -1.07. The second kappa shape index (κ2) is 47.8. The molecule has 0 aliphatic rings. The van der Waals surface area contributed by atoms with E-state index in [4.69, 9.17) is 49.4 Å². The summed E-state index contributed by atoms with van der Waals surface area (Å²) in [5, 5.41) is 32.4. The number of carbonyl (C=O) groups excluding carboxylic acids is 6. The topological polar surface area (TPSA) is 374 Å². The third-order valence-electron chi connectivity index (χ3n) is 20.5. The van der Waals surface area contributed by atoms with Crippen LogP contribution in [0.15, 0.2) is 222 Å². The number of phenolic OH excluding ortho intramolecular Hbond substituents is 1. The third kappa shape index (κ3) is 25.5. The highest BCUT2D eigenvalue weighted by atomic mass is 79.9. The number of esters is 4. The normalized spacial score (nSPS) is 10.7. The molecule has 0 saturated carbocycles. The van der Waals surface area contributed by atoms with Gasteiger partial charge in [0.1, 0.15) is 84.5 Å². The Morgan fingerprint density at radius 3 is 0.853 bits per heavy atom. The fourth-order valence-corrected chi connectivity index (χ4v) is 15.5. The molecule has 0 atom stereocenters. The van der Waals surface area contributed by atoms with Crippen molar-refractivity contribution in [3.8, 4) is 34.8 Å². The molecule has 25 nitrogen and oxygen atoms in total. The second-order valence-corrected chi connectivity index (χ2v) is 31.6. The fourth-order valence-electron chi connectivity index (χ4n) is 14.4. The summed E-state index contributed by atoms with van der Waals surface area (Å²) in [4.78, 5) is 107. The number of primary amides is 2. The van der Waals surface area contributed by atoms with E-state index in [1.807, 2.05) is 32.0 Å². The van der Waals surface area contributed by atoms with Crippen LogP contribution in [0.2, 0.25) is 0 Å². The first-order valence-electron chi connectivity index (χ1n) is 42.9. The molecule has 136 heavy (non-hydrogen) atoms. The van der Waals surface area contributed by atoms with E-state index in [0.29, 0.717) is 124 Å². The molecule has 10 aromatic carbocycles. The van der Waals surface area contributed by atoms with Gasteiger partial charge in [-0.15, -0.1) is 0 Å². The molecule has 0 saturated heterocycles. The van der Waals surface area contributed by atoms with Crippen LogP contribution in [0.1, 0.15) is 189 Å². The number of rotatable bonds is 29. The van der Waals surface area contributed by atoms with Gasteiger partial charge in [-0.25, -0.2) is 45.9 Å². The molecular weight excluding hydrogens is 1890 g/mol. The number of pyridine rings is 5. The average Bonchev–Trinajstić information content (AvgIpc) is 0.794. The molecule has 0 aliphatic carbocycles. The van der Waals surface area contributed by atoms with Gasteiger partial charge in [0.05, 0.1) is 64.5 Å². The van der Waals surface area contributed by atoms with Crippen molar-refractivity contribution in [3.63, 3.8) is 0 Å². The quantitative estimate of drug-likeness (QED) is 0.0192. The standard InChI is InChI=1S/C22H21FN2O4.C22H19FN2O3.C21H19BrFNO3.C20H17FN2O4.C19H15BrFNO3/c1-3-28-20-18(22(27)29-4-2)11-17(21(24)26)16-10-14(12-25-19(16)20)9-13-5-7-15(23)8-6-13;1-3-27-21-19(22(26)28-4-2)11-16(12-24)18-10-15(13-25-20(18)21)9-14-5-7-17(23)8-6-14;1-3-26-20-17(21(25)27-4-2)11-18(22)16-10-14(12-24-19(16)20)9-13-5-7-15(23)8-6-13;1-2-27-20(26)16-9-15(19(22)25)14-8-12(10-23-17(14)18(16)24)7-11-3-5-13(21)6-4-11;1-2-25-18-15(19(23)24)9-16(20)14-8-12(10-22-17(14)18)7-11-3-5-13(21)6-4-11/h5-8,10-12H,3-4,9H2,1-2H3,(H2,24,26);5-8,10-11,13H,3-4,9H2,1-2H3;5-8,10-12H,3-4,9H2,1-2H3;3-6,8-10,24H,2,7H2,1H3,(H2,22,25);3-6,8-10H,2,7H2,1H3,(H,23,24). The number of amides is 2. The molecule has 0 aliphatic heterocycles. The van der Waals surface area contributed by atoms with Crippen LogP contribution in [0.3, 0.4) is 0 Å². The summed E-state index contributed by atoms with van der Waals surface area (Å²) < 4.78 is 110. The zero-order valence-corrected chi connectivity index (χ0v) is 78.1. The lowest BCUT2D eigenvalue weighted by Gasteiger charge is -2.15. The van der Waals surface area contributed by atoms with Gasteiger partial charge in [-0.2, -0.15) is 5.26 Å². The van der Waals surface area contributed by atoms with Crippen LogP contribution < -0.4 is 30.4 Å². The Kier molecular flexibility index (Phi) is 35.6. The molecule has 5 heterocycles. The van der Waals surface area contributed by atoms with Crippen LogP contribution in [0.25, 0.3) is 54.5 Å². The lowest BCUT2D eigenvalue weighted by Crippen LogP contribution is -2.16. The number of nitrogens with zero attached hydrogens (tertiary/aromatic N) is 6. The van der Waals surface area contributed by atoms with E-state index < -0.39 is 41.7 Å². The lowest BCUT2D eigenvalue weighted by atomic mass is 9.99. The molecule has 0 unspecified atom stereocenters. The van der Waals surface area contributed by atoms with Crippen molar-refractivity contribution >= 4 is 128 Å². The number of halogens is 7. The Hall–Kier alpha value is -15.4. The molecule has 15 aromatic rings.